The van der Waals surface area contributed by atoms with E-state index in [0.29, 0.717) is 40.7 Å². The van der Waals surface area contributed by atoms with Crippen LogP contribution in [0.3, 0.4) is 0 Å². The van der Waals surface area contributed by atoms with Crippen molar-refractivity contribution in [2.75, 3.05) is 37.5 Å². The molecule has 1 fully saturated rings. The van der Waals surface area contributed by atoms with Crippen LogP contribution < -0.4 is 19.7 Å². The lowest BCUT2D eigenvalue weighted by Gasteiger charge is -2.35. The Bertz CT molecular complexity index is 1120. The van der Waals surface area contributed by atoms with Crippen molar-refractivity contribution in [3.05, 3.63) is 42.4 Å². The summed E-state index contributed by atoms with van der Waals surface area (Å²) >= 11 is 1.37. The Balaban J connectivity index is 1.55. The smallest absolute Gasteiger partial charge is 0.237 e. The number of hydrogen-bond donors (Lipinski definition) is 1. The molecular weight excluding hydrogens is 466 g/mol. The quantitative estimate of drug-likeness (QED) is 0.429. The second kappa shape index (κ2) is 11.1. The van der Waals surface area contributed by atoms with Crippen molar-refractivity contribution >= 4 is 29.3 Å². The third-order valence-electron chi connectivity index (χ3n) is 6.06. The number of carbonyl (C=O) groups is 1. The fraction of sp³-hybridized carbons (Fsp3) is 0.480. The Labute approximate surface area is 210 Å². The van der Waals surface area contributed by atoms with Gasteiger partial charge in [-0.05, 0) is 49.4 Å². The van der Waals surface area contributed by atoms with Gasteiger partial charge in [-0.2, -0.15) is 0 Å². The zero-order valence-corrected chi connectivity index (χ0v) is 21.7. The van der Waals surface area contributed by atoms with E-state index in [1.165, 1.54) is 18.2 Å². The van der Waals surface area contributed by atoms with Gasteiger partial charge < -0.3 is 24.1 Å². The molecule has 1 saturated heterocycles. The van der Waals surface area contributed by atoms with Crippen molar-refractivity contribution in [2.45, 2.75) is 44.1 Å². The molecule has 3 unspecified atom stereocenters. The molecule has 1 amide bonds. The van der Waals surface area contributed by atoms with Gasteiger partial charge in [0.2, 0.25) is 11.9 Å². The minimum atomic E-state index is -0.433. The van der Waals surface area contributed by atoms with E-state index in [1.807, 2.05) is 23.6 Å². The largest absolute Gasteiger partial charge is 0.497 e. The van der Waals surface area contributed by atoms with Crippen molar-refractivity contribution in [2.24, 2.45) is 11.8 Å². The van der Waals surface area contributed by atoms with Crippen LogP contribution in [0.15, 0.2) is 46.2 Å². The summed E-state index contributed by atoms with van der Waals surface area (Å²) in [7, 11) is 3.15. The second-order valence-corrected chi connectivity index (χ2v) is 10.4. The fourth-order valence-electron chi connectivity index (χ4n) is 4.48. The molecule has 3 atom stereocenters. The molecule has 4 rings (SSSR count). The number of benzene rings is 1. The Kier molecular flexibility index (Phi) is 7.90. The fourth-order valence-corrected chi connectivity index (χ4v) is 5.33. The van der Waals surface area contributed by atoms with Crippen LogP contribution in [-0.2, 0) is 11.3 Å². The number of methoxy groups -OCH3 is 2. The molecule has 0 spiro atoms. The Morgan fingerprint density at radius 3 is 2.63 bits per heavy atom. The summed E-state index contributed by atoms with van der Waals surface area (Å²) in [5.41, 5.74) is 0.554. The van der Waals surface area contributed by atoms with E-state index >= 15 is 0 Å². The average Bonchev–Trinajstić information content (AvgIpc) is 3.49. The van der Waals surface area contributed by atoms with E-state index in [-0.39, 0.29) is 5.91 Å². The lowest BCUT2D eigenvalue weighted by atomic mass is 9.92. The molecule has 9 nitrogen and oxygen atoms in total. The summed E-state index contributed by atoms with van der Waals surface area (Å²) in [5.74, 6) is 3.80. The molecular formula is C25H33N5O4S. The summed E-state index contributed by atoms with van der Waals surface area (Å²) in [6.45, 7) is 8.74. The minimum Gasteiger partial charge on any atom is -0.497 e. The molecule has 10 heteroatoms. The van der Waals surface area contributed by atoms with Crippen molar-refractivity contribution in [3.8, 4) is 11.5 Å². The number of ether oxygens (including phenoxy) is 2. The maximum absolute atomic E-state index is 13.1. The molecule has 0 radical (unpaired) electrons. The van der Waals surface area contributed by atoms with E-state index in [2.05, 4.69) is 34.3 Å². The van der Waals surface area contributed by atoms with Crippen molar-refractivity contribution in [1.82, 2.24) is 14.8 Å². The highest BCUT2D eigenvalue weighted by Crippen LogP contribution is 2.33. The summed E-state index contributed by atoms with van der Waals surface area (Å²) < 4.78 is 18.3. The predicted molar refractivity (Wildman–Crippen MR) is 136 cm³/mol. The number of nitrogens with zero attached hydrogens (tertiary/aromatic N) is 4. The molecule has 3 aromatic rings. The topological polar surface area (TPSA) is 94.6 Å². The number of piperidine rings is 1. The van der Waals surface area contributed by atoms with E-state index < -0.39 is 5.25 Å². The lowest BCUT2D eigenvalue weighted by Crippen LogP contribution is -2.40. The van der Waals surface area contributed by atoms with Crippen molar-refractivity contribution < 1.29 is 18.7 Å². The van der Waals surface area contributed by atoms with Crippen LogP contribution in [0.25, 0.3) is 0 Å². The maximum Gasteiger partial charge on any atom is 0.237 e. The molecule has 1 aliphatic rings. The van der Waals surface area contributed by atoms with Crippen LogP contribution in [0.1, 0.15) is 33.0 Å². The number of thioether (sulfide) groups is 1. The Morgan fingerprint density at radius 2 is 1.97 bits per heavy atom. The Morgan fingerprint density at radius 1 is 1.20 bits per heavy atom. The van der Waals surface area contributed by atoms with Gasteiger partial charge in [0.05, 0.1) is 38.0 Å². The van der Waals surface area contributed by atoms with Gasteiger partial charge >= 0.3 is 0 Å². The number of carbonyl (C=O) groups excluding carboxylic acids is 1. The van der Waals surface area contributed by atoms with Crippen molar-refractivity contribution in [3.63, 3.8) is 0 Å². The molecule has 188 valence electrons. The summed E-state index contributed by atoms with van der Waals surface area (Å²) in [4.78, 5) is 15.4. The van der Waals surface area contributed by atoms with E-state index in [1.54, 1.807) is 38.7 Å². The monoisotopic (exact) mass is 499 g/mol. The van der Waals surface area contributed by atoms with E-state index in [0.717, 1.165) is 24.8 Å². The van der Waals surface area contributed by atoms with Gasteiger partial charge in [0.15, 0.2) is 5.16 Å². The number of hydrogen-bond acceptors (Lipinski definition) is 8. The van der Waals surface area contributed by atoms with Crippen LogP contribution >= 0.6 is 11.8 Å². The SMILES string of the molecule is COc1ccc(OC)c(NC(=O)C(C)Sc2nnc(N3CC(C)CC(C)C3)n2Cc2ccco2)c1. The molecule has 0 bridgehead atoms. The van der Waals surface area contributed by atoms with Crippen LogP contribution in [0, 0.1) is 11.8 Å². The van der Waals surface area contributed by atoms with Crippen LogP contribution in [0.5, 0.6) is 11.5 Å². The average molecular weight is 500 g/mol. The molecule has 1 aromatic carbocycles. The van der Waals surface area contributed by atoms with Gasteiger partial charge in [-0.3, -0.25) is 9.36 Å². The van der Waals surface area contributed by atoms with Gasteiger partial charge in [-0.1, -0.05) is 25.6 Å². The first-order valence-corrected chi connectivity index (χ1v) is 12.7. The maximum atomic E-state index is 13.1. The highest BCUT2D eigenvalue weighted by atomic mass is 32.2. The zero-order chi connectivity index (χ0) is 24.9. The molecule has 0 aliphatic carbocycles. The number of amides is 1. The van der Waals surface area contributed by atoms with Gasteiger partial charge in [-0.15, -0.1) is 10.2 Å². The molecule has 3 heterocycles. The highest BCUT2D eigenvalue weighted by Gasteiger charge is 2.28. The first-order valence-electron chi connectivity index (χ1n) is 11.8. The highest BCUT2D eigenvalue weighted by molar-refractivity contribution is 8.00. The first-order chi connectivity index (χ1) is 16.9. The van der Waals surface area contributed by atoms with E-state index in [9.17, 15) is 4.79 Å². The first kappa shape index (κ1) is 25.0. The predicted octanol–water partition coefficient (Wildman–Crippen LogP) is 4.54. The molecule has 1 N–H and O–H groups in total. The van der Waals surface area contributed by atoms with Gasteiger partial charge in [0.25, 0.3) is 0 Å². The number of anilines is 2. The zero-order valence-electron chi connectivity index (χ0n) is 20.9. The van der Waals surface area contributed by atoms with Crippen LogP contribution in [-0.4, -0.2) is 53.2 Å². The normalized spacial score (nSPS) is 18.8. The van der Waals surface area contributed by atoms with E-state index in [4.69, 9.17) is 13.9 Å². The number of furan rings is 1. The molecule has 35 heavy (non-hydrogen) atoms. The number of nitrogens with one attached hydrogen (secondary N) is 1. The summed E-state index contributed by atoms with van der Waals surface area (Å²) in [6.07, 6.45) is 2.87. The van der Waals surface area contributed by atoms with Crippen LogP contribution in [0.4, 0.5) is 11.6 Å². The van der Waals surface area contributed by atoms with Gasteiger partial charge in [-0.25, -0.2) is 0 Å². The van der Waals surface area contributed by atoms with Crippen molar-refractivity contribution in [1.29, 1.82) is 0 Å². The number of aromatic nitrogens is 3. The summed E-state index contributed by atoms with van der Waals surface area (Å²) in [5, 5.41) is 12.2. The Hall–Kier alpha value is -3.14. The minimum absolute atomic E-state index is 0.170. The molecule has 0 saturated carbocycles. The second-order valence-electron chi connectivity index (χ2n) is 9.11. The molecule has 1 aliphatic heterocycles. The third kappa shape index (κ3) is 5.93. The molecule has 2 aromatic heterocycles. The summed E-state index contributed by atoms with van der Waals surface area (Å²) in [6, 6.07) is 9.09. The standard InChI is InChI=1S/C25H33N5O4S/c1-16-11-17(2)14-29(13-16)24-27-28-25(30(24)15-20-7-6-10-34-20)35-18(3)23(31)26-21-12-19(32-4)8-9-22(21)33-5/h6-10,12,16-18H,11,13-15H2,1-5H3,(H,26,31). The van der Waals surface area contributed by atoms with Gasteiger partial charge in [0.1, 0.15) is 17.3 Å². The third-order valence-corrected chi connectivity index (χ3v) is 7.14. The lowest BCUT2D eigenvalue weighted by molar-refractivity contribution is -0.115. The number of rotatable bonds is 9. The van der Waals surface area contributed by atoms with Gasteiger partial charge in [0, 0.05) is 19.2 Å². The van der Waals surface area contributed by atoms with Crippen LogP contribution in [0.2, 0.25) is 0 Å².